The van der Waals surface area contributed by atoms with Gasteiger partial charge in [-0.1, -0.05) is 39.0 Å². The van der Waals surface area contributed by atoms with Crippen molar-refractivity contribution in [3.05, 3.63) is 0 Å². The Hall–Kier alpha value is -0.330. The monoisotopic (exact) mass is 182 g/mol. The van der Waals surface area contributed by atoms with E-state index in [9.17, 15) is 4.79 Å². The van der Waals surface area contributed by atoms with E-state index in [0.29, 0.717) is 11.7 Å². The molecule has 0 saturated heterocycles. The number of ketones is 1. The van der Waals surface area contributed by atoms with Gasteiger partial charge in [0.05, 0.1) is 0 Å². The van der Waals surface area contributed by atoms with Gasteiger partial charge in [0.1, 0.15) is 5.78 Å². The van der Waals surface area contributed by atoms with E-state index in [0.717, 1.165) is 12.3 Å². The maximum absolute atomic E-state index is 11.2. The fourth-order valence-electron chi connectivity index (χ4n) is 2.42. The van der Waals surface area contributed by atoms with Crippen molar-refractivity contribution < 1.29 is 4.79 Å². The molecule has 2 atom stereocenters. The molecule has 0 aromatic rings. The second-order valence-electron chi connectivity index (χ2n) is 4.48. The number of Topliss-reactive ketones (excluding diaryl/α,β-unsaturated/α-hetero) is 1. The van der Waals surface area contributed by atoms with Gasteiger partial charge >= 0.3 is 0 Å². The fraction of sp³-hybridized carbons (Fsp3) is 0.917. The molecule has 0 aromatic heterocycles. The van der Waals surface area contributed by atoms with Crippen LogP contribution in [0.2, 0.25) is 0 Å². The molecule has 1 rings (SSSR count). The normalized spacial score (nSPS) is 28.8. The van der Waals surface area contributed by atoms with E-state index in [-0.39, 0.29) is 0 Å². The Labute approximate surface area is 81.9 Å². The van der Waals surface area contributed by atoms with Gasteiger partial charge in [-0.25, -0.2) is 0 Å². The minimum Gasteiger partial charge on any atom is -0.300 e. The Morgan fingerprint density at radius 2 is 2.15 bits per heavy atom. The number of carbonyl (C=O) groups excluding carboxylic acids is 1. The first-order chi connectivity index (χ1) is 6.24. The highest BCUT2D eigenvalue weighted by Gasteiger charge is 2.24. The molecular formula is C12H22O. The molecule has 1 fully saturated rings. The Morgan fingerprint density at radius 1 is 1.38 bits per heavy atom. The van der Waals surface area contributed by atoms with Crippen molar-refractivity contribution in [2.75, 3.05) is 0 Å². The SMILES string of the molecule is CCCC[C@H]1CCC[C@@H](C(C)=O)C1. The zero-order valence-corrected chi connectivity index (χ0v) is 9.01. The van der Waals surface area contributed by atoms with E-state index in [4.69, 9.17) is 0 Å². The van der Waals surface area contributed by atoms with Crippen molar-refractivity contribution in [3.8, 4) is 0 Å². The summed E-state index contributed by atoms with van der Waals surface area (Å²) in [7, 11) is 0. The summed E-state index contributed by atoms with van der Waals surface area (Å²) in [6, 6.07) is 0. The van der Waals surface area contributed by atoms with Crippen LogP contribution in [0.5, 0.6) is 0 Å². The quantitative estimate of drug-likeness (QED) is 0.649. The van der Waals surface area contributed by atoms with Crippen LogP contribution in [0, 0.1) is 11.8 Å². The lowest BCUT2D eigenvalue weighted by atomic mass is 9.78. The van der Waals surface area contributed by atoms with Gasteiger partial charge in [-0.3, -0.25) is 4.79 Å². The average molecular weight is 182 g/mol. The summed E-state index contributed by atoms with van der Waals surface area (Å²) in [4.78, 5) is 11.2. The van der Waals surface area contributed by atoms with E-state index in [1.54, 1.807) is 6.92 Å². The van der Waals surface area contributed by atoms with Gasteiger partial charge in [-0.2, -0.15) is 0 Å². The van der Waals surface area contributed by atoms with Gasteiger partial charge in [0.25, 0.3) is 0 Å². The third-order valence-corrected chi connectivity index (χ3v) is 3.32. The topological polar surface area (TPSA) is 17.1 Å². The van der Waals surface area contributed by atoms with Crippen molar-refractivity contribution in [2.24, 2.45) is 11.8 Å². The van der Waals surface area contributed by atoms with E-state index in [1.807, 2.05) is 0 Å². The smallest absolute Gasteiger partial charge is 0.132 e. The molecular weight excluding hydrogens is 160 g/mol. The zero-order valence-electron chi connectivity index (χ0n) is 9.01. The maximum atomic E-state index is 11.2. The Kier molecular flexibility index (Phi) is 4.47. The molecule has 0 aromatic carbocycles. The van der Waals surface area contributed by atoms with Gasteiger partial charge < -0.3 is 0 Å². The first-order valence-corrected chi connectivity index (χ1v) is 5.74. The Morgan fingerprint density at radius 3 is 2.77 bits per heavy atom. The second kappa shape index (κ2) is 5.41. The Bertz CT molecular complexity index is 163. The summed E-state index contributed by atoms with van der Waals surface area (Å²) < 4.78 is 0. The van der Waals surface area contributed by atoms with E-state index >= 15 is 0 Å². The molecule has 1 saturated carbocycles. The molecule has 0 heterocycles. The molecule has 0 spiro atoms. The summed E-state index contributed by atoms with van der Waals surface area (Å²) in [6.45, 7) is 4.00. The van der Waals surface area contributed by atoms with Crippen LogP contribution in [-0.4, -0.2) is 5.78 Å². The molecule has 0 N–H and O–H groups in total. The second-order valence-corrected chi connectivity index (χ2v) is 4.48. The molecule has 13 heavy (non-hydrogen) atoms. The summed E-state index contributed by atoms with van der Waals surface area (Å²) in [5.74, 6) is 1.67. The average Bonchev–Trinajstić information content (AvgIpc) is 2.15. The van der Waals surface area contributed by atoms with E-state index in [2.05, 4.69) is 6.92 Å². The van der Waals surface area contributed by atoms with Crippen LogP contribution in [0.3, 0.4) is 0 Å². The number of hydrogen-bond donors (Lipinski definition) is 0. The predicted molar refractivity (Wildman–Crippen MR) is 55.7 cm³/mol. The molecule has 1 aliphatic rings. The highest BCUT2D eigenvalue weighted by atomic mass is 16.1. The van der Waals surface area contributed by atoms with Crippen molar-refractivity contribution >= 4 is 5.78 Å². The molecule has 0 aliphatic heterocycles. The van der Waals surface area contributed by atoms with Gasteiger partial charge in [-0.15, -0.1) is 0 Å². The first-order valence-electron chi connectivity index (χ1n) is 5.74. The van der Waals surface area contributed by atoms with Crippen LogP contribution in [0.4, 0.5) is 0 Å². The van der Waals surface area contributed by atoms with Crippen LogP contribution in [0.25, 0.3) is 0 Å². The molecule has 0 unspecified atom stereocenters. The number of carbonyl (C=O) groups is 1. The number of rotatable bonds is 4. The van der Waals surface area contributed by atoms with Crippen LogP contribution in [0.1, 0.15) is 58.8 Å². The highest BCUT2D eigenvalue weighted by molar-refractivity contribution is 5.78. The van der Waals surface area contributed by atoms with Gasteiger partial charge in [-0.05, 0) is 25.7 Å². The molecule has 76 valence electrons. The van der Waals surface area contributed by atoms with Gasteiger partial charge in [0.2, 0.25) is 0 Å². The summed E-state index contributed by atoms with van der Waals surface area (Å²) in [5.41, 5.74) is 0. The standard InChI is InChI=1S/C12H22O/c1-3-4-6-11-7-5-8-12(9-11)10(2)13/h11-12H,3-9H2,1-2H3/t11-,12+/m0/s1. The molecule has 0 radical (unpaired) electrons. The summed E-state index contributed by atoms with van der Waals surface area (Å²) in [5, 5.41) is 0. The van der Waals surface area contributed by atoms with Crippen molar-refractivity contribution in [3.63, 3.8) is 0 Å². The zero-order chi connectivity index (χ0) is 9.68. The maximum Gasteiger partial charge on any atom is 0.132 e. The van der Waals surface area contributed by atoms with Crippen molar-refractivity contribution in [1.82, 2.24) is 0 Å². The van der Waals surface area contributed by atoms with Gasteiger partial charge in [0, 0.05) is 5.92 Å². The highest BCUT2D eigenvalue weighted by Crippen LogP contribution is 2.32. The summed E-state index contributed by atoms with van der Waals surface area (Å²) >= 11 is 0. The molecule has 0 bridgehead atoms. The van der Waals surface area contributed by atoms with Crippen LogP contribution < -0.4 is 0 Å². The number of hydrogen-bond acceptors (Lipinski definition) is 1. The van der Waals surface area contributed by atoms with E-state index < -0.39 is 0 Å². The van der Waals surface area contributed by atoms with E-state index in [1.165, 1.54) is 38.5 Å². The Balaban J connectivity index is 2.29. The lowest BCUT2D eigenvalue weighted by Crippen LogP contribution is -2.20. The van der Waals surface area contributed by atoms with Crippen molar-refractivity contribution in [2.45, 2.75) is 58.8 Å². The third-order valence-electron chi connectivity index (χ3n) is 3.32. The molecule has 1 heteroatoms. The van der Waals surface area contributed by atoms with Crippen LogP contribution >= 0.6 is 0 Å². The van der Waals surface area contributed by atoms with Crippen LogP contribution in [-0.2, 0) is 4.79 Å². The molecule has 0 amide bonds. The lowest BCUT2D eigenvalue weighted by Gasteiger charge is -2.27. The number of unbranched alkanes of at least 4 members (excludes halogenated alkanes) is 1. The lowest BCUT2D eigenvalue weighted by molar-refractivity contribution is -0.122. The predicted octanol–water partition coefficient (Wildman–Crippen LogP) is 3.57. The minimum absolute atomic E-state index is 0.399. The molecule has 1 nitrogen and oxygen atoms in total. The fourth-order valence-corrected chi connectivity index (χ4v) is 2.42. The largest absolute Gasteiger partial charge is 0.300 e. The molecule has 1 aliphatic carbocycles. The third kappa shape index (κ3) is 3.50. The summed E-state index contributed by atoms with van der Waals surface area (Å²) in [6.07, 6.45) is 8.95. The first kappa shape index (κ1) is 10.7. The van der Waals surface area contributed by atoms with Crippen LogP contribution in [0.15, 0.2) is 0 Å². The van der Waals surface area contributed by atoms with Gasteiger partial charge in [0.15, 0.2) is 0 Å². The van der Waals surface area contributed by atoms with Crippen molar-refractivity contribution in [1.29, 1.82) is 0 Å². The minimum atomic E-state index is 0.399.